The Balaban J connectivity index is 0.000000427. The molecular weight excluding hydrogens is 2050 g/mol. The molecule has 0 aromatic heterocycles. The minimum Gasteiger partial charge on any atom is -0.0683 e. The van der Waals surface area contributed by atoms with Gasteiger partial charge < -0.3 is 0 Å². The summed E-state index contributed by atoms with van der Waals surface area (Å²) in [5.41, 5.74) is 10.4. The fourth-order valence-corrected chi connectivity index (χ4v) is 20.2. The van der Waals surface area contributed by atoms with Crippen LogP contribution in [0.25, 0.3) is 0 Å². The fourth-order valence-electron chi connectivity index (χ4n) is 6.04. The number of hydrogen-bond donors (Lipinski definition) is 0. The van der Waals surface area contributed by atoms with Crippen LogP contribution in [0, 0.1) is 0 Å². The van der Waals surface area contributed by atoms with Crippen molar-refractivity contribution in [2.45, 2.75) is 100 Å². The van der Waals surface area contributed by atoms with Crippen LogP contribution >= 0.6 is 287 Å². The second-order valence-electron chi connectivity index (χ2n) is 13.8. The van der Waals surface area contributed by atoms with Gasteiger partial charge in [-0.05, 0) is 376 Å². The molecule has 69 heavy (non-hydrogen) atoms. The van der Waals surface area contributed by atoms with E-state index in [0.717, 1.165) is 125 Å². The molecule has 0 saturated carbocycles. The van der Waals surface area contributed by atoms with Crippen molar-refractivity contribution >= 4 is 287 Å². The van der Waals surface area contributed by atoms with Gasteiger partial charge in [0.25, 0.3) is 0 Å². The molecule has 6 aromatic rings. The lowest BCUT2D eigenvalue weighted by Gasteiger charge is -2.14. The van der Waals surface area contributed by atoms with E-state index in [1.807, 2.05) is 13.8 Å². The first kappa shape index (κ1) is 71.0. The minimum atomic E-state index is 0.978. The van der Waals surface area contributed by atoms with Crippen molar-refractivity contribution in [1.82, 2.24) is 0 Å². The lowest BCUT2D eigenvalue weighted by Crippen LogP contribution is -1.94. The molecule has 0 spiro atoms. The molecule has 0 fully saturated rings. The highest BCUT2D eigenvalue weighted by molar-refractivity contribution is 9.17. The van der Waals surface area contributed by atoms with Gasteiger partial charge in [0.1, 0.15) is 0 Å². The average molecular weight is 2100 g/mol. The highest BCUT2D eigenvalue weighted by atomic mass is 79.9. The molecule has 0 bridgehead atoms. The normalized spacial score (nSPS) is 10.3. The van der Waals surface area contributed by atoms with Gasteiger partial charge >= 0.3 is 0 Å². The first-order valence-corrected chi connectivity index (χ1v) is 35.6. The summed E-state index contributed by atoms with van der Waals surface area (Å²) in [6.07, 6.45) is 6.99. The summed E-state index contributed by atoms with van der Waals surface area (Å²) in [4.78, 5) is 0. The highest BCUT2D eigenvalue weighted by Gasteiger charge is 2.19. The number of benzene rings is 6. The van der Waals surface area contributed by atoms with Crippen molar-refractivity contribution in [2.24, 2.45) is 0 Å². The van der Waals surface area contributed by atoms with Crippen molar-refractivity contribution in [1.29, 1.82) is 0 Å². The Bertz CT molecular complexity index is 2230. The third kappa shape index (κ3) is 20.2. The van der Waals surface area contributed by atoms with Gasteiger partial charge in [0.2, 0.25) is 0 Å². The summed E-state index contributed by atoms with van der Waals surface area (Å²) < 4.78 is 19.8. The Hall–Kier alpha value is 3.96. The molecule has 0 nitrogen and oxygen atoms in total. The van der Waals surface area contributed by atoms with Crippen LogP contribution in [0.3, 0.4) is 0 Å². The molecule has 0 amide bonds. The topological polar surface area (TPSA) is 0 Å². The zero-order chi connectivity index (χ0) is 53.0. The monoisotopic (exact) mass is 2080 g/mol. The third-order valence-corrected chi connectivity index (χ3v) is 31.4. The van der Waals surface area contributed by atoms with E-state index in [2.05, 4.69) is 389 Å². The summed E-state index contributed by atoms with van der Waals surface area (Å²) in [5, 5.41) is 0. The maximum Gasteiger partial charge on any atom is 0.0482 e. The first-order chi connectivity index (χ1) is 32.5. The van der Waals surface area contributed by atoms with Gasteiger partial charge in [0, 0.05) is 80.5 Å². The van der Waals surface area contributed by atoms with E-state index in [1.54, 1.807) is 0 Å². The Morgan fingerprint density at radius 2 is 0.348 bits per heavy atom. The Morgan fingerprint density at radius 1 is 0.217 bits per heavy atom. The van der Waals surface area contributed by atoms with Crippen LogP contribution in [0.4, 0.5) is 0 Å². The van der Waals surface area contributed by atoms with Crippen LogP contribution in [0.1, 0.15) is 99.9 Å². The number of rotatable bonds is 8. The van der Waals surface area contributed by atoms with Crippen LogP contribution in [0.5, 0.6) is 0 Å². The lowest BCUT2D eigenvalue weighted by atomic mass is 10.1. The van der Waals surface area contributed by atoms with E-state index < -0.39 is 0 Å². The van der Waals surface area contributed by atoms with E-state index in [-0.39, 0.29) is 0 Å². The van der Waals surface area contributed by atoms with Crippen molar-refractivity contribution in [3.05, 3.63) is 186 Å². The smallest absolute Gasteiger partial charge is 0.0482 e. The second-order valence-corrected chi connectivity index (χ2v) is 28.1. The van der Waals surface area contributed by atoms with Crippen molar-refractivity contribution in [3.8, 4) is 0 Å². The Morgan fingerprint density at radius 3 is 0.493 bits per heavy atom. The van der Waals surface area contributed by atoms with E-state index in [0.29, 0.717) is 0 Å². The zero-order valence-electron chi connectivity index (χ0n) is 38.5. The molecule has 6 aromatic carbocycles. The highest BCUT2D eigenvalue weighted by Crippen LogP contribution is 2.47. The molecule has 0 radical (unpaired) electrons. The summed E-state index contributed by atoms with van der Waals surface area (Å²) in [5.74, 6) is 0. The molecule has 0 aliphatic rings. The average Bonchev–Trinajstić information content (AvgIpc) is 3.36. The van der Waals surface area contributed by atoms with E-state index in [1.165, 1.54) is 44.5 Å². The van der Waals surface area contributed by atoms with Crippen molar-refractivity contribution in [2.75, 3.05) is 0 Å². The Kier molecular flexibility index (Phi) is 38.1. The van der Waals surface area contributed by atoms with Gasteiger partial charge in [-0.2, -0.15) is 0 Å². The standard InChI is InChI=1S/C13H12.2C10H10Br4.2C8H5Br5.C2H6/c1-3-7-12(8-4-1)11-13-9-5-2-6-10-13;2*1-3-5-7(11)9(13)6(4-2)10(14)8(5)12;2*1-2-3-4(9)6(11)8(13)7(12)5(3)10;1-2/h1-10H,11H2;2*3-4H2,1-2H3;2*2H2,1H3;1-2H3. The largest absolute Gasteiger partial charge is 0.0683 e. The number of hydrogen-bond acceptors (Lipinski definition) is 0. The summed E-state index contributed by atoms with van der Waals surface area (Å²) in [7, 11) is 0. The van der Waals surface area contributed by atoms with Crippen molar-refractivity contribution in [3.63, 3.8) is 0 Å². The SMILES string of the molecule is CC.CCc1c(Br)c(Br)c(Br)c(Br)c1Br.CCc1c(Br)c(Br)c(Br)c(Br)c1Br.CCc1c(Br)c(Br)c(CC)c(Br)c1Br.CCc1c(Br)c(Br)c(CC)c(Br)c1Br.c1ccc(Cc2ccccc2)cc1. The predicted octanol–water partition coefficient (Wildman–Crippen LogP) is 28.1. The maximum atomic E-state index is 3.62. The van der Waals surface area contributed by atoms with E-state index >= 15 is 0 Å². The number of halogens is 18. The second kappa shape index (κ2) is 37.0. The van der Waals surface area contributed by atoms with E-state index in [9.17, 15) is 0 Å². The van der Waals surface area contributed by atoms with Crippen LogP contribution in [-0.4, -0.2) is 0 Å². The maximum absolute atomic E-state index is 3.62. The van der Waals surface area contributed by atoms with Gasteiger partial charge in [0.15, 0.2) is 0 Å². The first-order valence-electron chi connectivity index (χ1n) is 21.3. The molecular formula is C51H48Br18. The fraction of sp³-hybridized carbons (Fsp3) is 0.294. The predicted molar refractivity (Wildman–Crippen MR) is 368 cm³/mol. The van der Waals surface area contributed by atoms with Crippen LogP contribution in [-0.2, 0) is 44.9 Å². The van der Waals surface area contributed by atoms with Gasteiger partial charge in [-0.1, -0.05) is 116 Å². The van der Waals surface area contributed by atoms with E-state index in [4.69, 9.17) is 0 Å². The molecule has 0 heterocycles. The third-order valence-electron chi connectivity index (χ3n) is 9.71. The van der Waals surface area contributed by atoms with Crippen LogP contribution < -0.4 is 0 Å². The molecule has 0 unspecified atom stereocenters. The molecule has 0 aliphatic heterocycles. The molecule has 18 heteroatoms. The van der Waals surface area contributed by atoms with Gasteiger partial charge in [-0.25, -0.2) is 0 Å². The molecule has 378 valence electrons. The van der Waals surface area contributed by atoms with Crippen molar-refractivity contribution < 1.29 is 0 Å². The Labute approximate surface area is 563 Å². The minimum absolute atomic E-state index is 0.978. The summed E-state index contributed by atoms with van der Waals surface area (Å²) in [6, 6.07) is 21.1. The molecule has 0 atom stereocenters. The summed E-state index contributed by atoms with van der Waals surface area (Å²) >= 11 is 64.2. The molecule has 6 rings (SSSR count). The molecule has 0 saturated heterocycles. The van der Waals surface area contributed by atoms with Gasteiger partial charge in [-0.3, -0.25) is 0 Å². The summed E-state index contributed by atoms with van der Waals surface area (Å²) in [6.45, 7) is 16.8. The van der Waals surface area contributed by atoms with Crippen LogP contribution in [0.15, 0.2) is 141 Å². The van der Waals surface area contributed by atoms with Gasteiger partial charge in [0.05, 0.1) is 0 Å². The zero-order valence-corrected chi connectivity index (χ0v) is 67.1. The lowest BCUT2D eigenvalue weighted by molar-refractivity contribution is 1.05. The molecule has 0 N–H and O–H groups in total. The molecule has 0 aliphatic carbocycles. The quantitative estimate of drug-likeness (QED) is 0.105. The van der Waals surface area contributed by atoms with Gasteiger partial charge in [-0.15, -0.1) is 0 Å². The van der Waals surface area contributed by atoms with Crippen LogP contribution in [0.2, 0.25) is 0 Å².